The van der Waals surface area contributed by atoms with Gasteiger partial charge in [-0.3, -0.25) is 13.9 Å². The SMILES string of the molecule is Cn1c(=O)n(C2CCCNC2)c2cccc(N3CCC(=O)CC3)c21. The van der Waals surface area contributed by atoms with Crippen LogP contribution in [0, 0.1) is 0 Å². The summed E-state index contributed by atoms with van der Waals surface area (Å²) in [7, 11) is 1.86. The number of ketones is 1. The zero-order chi connectivity index (χ0) is 16.7. The Morgan fingerprint density at radius 3 is 2.67 bits per heavy atom. The first kappa shape index (κ1) is 15.4. The van der Waals surface area contributed by atoms with E-state index in [0.717, 1.165) is 55.7 Å². The van der Waals surface area contributed by atoms with Gasteiger partial charge >= 0.3 is 5.69 Å². The second-order valence-corrected chi connectivity index (χ2v) is 6.88. The molecule has 2 fully saturated rings. The highest BCUT2D eigenvalue weighted by Crippen LogP contribution is 2.30. The smallest absolute Gasteiger partial charge is 0.329 e. The number of benzene rings is 1. The molecular formula is C18H24N4O2. The van der Waals surface area contributed by atoms with Crippen LogP contribution in [0.5, 0.6) is 0 Å². The number of fused-ring (bicyclic) bond motifs is 1. The van der Waals surface area contributed by atoms with Crippen LogP contribution in [0.4, 0.5) is 5.69 Å². The van der Waals surface area contributed by atoms with Gasteiger partial charge in [-0.1, -0.05) is 6.07 Å². The lowest BCUT2D eigenvalue weighted by Gasteiger charge is -2.29. The van der Waals surface area contributed by atoms with E-state index in [-0.39, 0.29) is 11.7 Å². The molecule has 24 heavy (non-hydrogen) atoms. The number of Topliss-reactive ketones (excluding diaryl/α,β-unsaturated/α-hetero) is 1. The molecule has 0 bridgehead atoms. The number of piperidine rings is 2. The zero-order valence-corrected chi connectivity index (χ0v) is 14.1. The fourth-order valence-corrected chi connectivity index (χ4v) is 4.08. The van der Waals surface area contributed by atoms with Crippen LogP contribution >= 0.6 is 0 Å². The molecule has 128 valence electrons. The molecule has 1 unspecified atom stereocenters. The third-order valence-electron chi connectivity index (χ3n) is 5.38. The first-order valence-electron chi connectivity index (χ1n) is 8.84. The van der Waals surface area contributed by atoms with Crippen LogP contribution in [0.25, 0.3) is 11.0 Å². The number of aromatic nitrogens is 2. The third-order valence-corrected chi connectivity index (χ3v) is 5.38. The summed E-state index contributed by atoms with van der Waals surface area (Å²) in [4.78, 5) is 26.7. The van der Waals surface area contributed by atoms with Gasteiger partial charge in [-0.25, -0.2) is 4.79 Å². The number of carbonyl (C=O) groups is 1. The normalized spacial score (nSPS) is 22.3. The highest BCUT2D eigenvalue weighted by atomic mass is 16.1. The lowest BCUT2D eigenvalue weighted by atomic mass is 10.1. The van der Waals surface area contributed by atoms with Crippen LogP contribution in [-0.4, -0.2) is 41.1 Å². The van der Waals surface area contributed by atoms with E-state index in [1.54, 1.807) is 4.57 Å². The van der Waals surface area contributed by atoms with Crippen molar-refractivity contribution in [2.75, 3.05) is 31.1 Å². The van der Waals surface area contributed by atoms with Gasteiger partial charge in [0.15, 0.2) is 0 Å². The topological polar surface area (TPSA) is 59.3 Å². The van der Waals surface area contributed by atoms with Crippen molar-refractivity contribution in [1.29, 1.82) is 0 Å². The molecule has 0 radical (unpaired) electrons. The van der Waals surface area contributed by atoms with Crippen LogP contribution in [-0.2, 0) is 11.8 Å². The molecule has 2 aromatic rings. The van der Waals surface area contributed by atoms with Crippen molar-refractivity contribution in [3.63, 3.8) is 0 Å². The van der Waals surface area contributed by atoms with Crippen LogP contribution in [0.2, 0.25) is 0 Å². The maximum Gasteiger partial charge on any atom is 0.329 e. The molecule has 6 nitrogen and oxygen atoms in total. The lowest BCUT2D eigenvalue weighted by molar-refractivity contribution is -0.119. The molecule has 0 saturated carbocycles. The van der Waals surface area contributed by atoms with Gasteiger partial charge in [0, 0.05) is 39.5 Å². The standard InChI is InChI=1S/C18H24N4O2/c1-20-17-15(21-10-7-14(23)8-11-21)5-2-6-16(17)22(18(20)24)13-4-3-9-19-12-13/h2,5-6,13,19H,3-4,7-12H2,1H3. The molecule has 1 atom stereocenters. The summed E-state index contributed by atoms with van der Waals surface area (Å²) in [5, 5.41) is 3.40. The predicted molar refractivity (Wildman–Crippen MR) is 94.8 cm³/mol. The molecule has 2 aliphatic heterocycles. The van der Waals surface area contributed by atoms with E-state index in [4.69, 9.17) is 0 Å². The first-order valence-corrected chi connectivity index (χ1v) is 8.84. The summed E-state index contributed by atoms with van der Waals surface area (Å²) >= 11 is 0. The van der Waals surface area contributed by atoms with E-state index in [0.29, 0.717) is 18.6 Å². The summed E-state index contributed by atoms with van der Waals surface area (Å²) < 4.78 is 3.73. The number of hydrogen-bond acceptors (Lipinski definition) is 4. The quantitative estimate of drug-likeness (QED) is 0.906. The fraction of sp³-hybridized carbons (Fsp3) is 0.556. The Bertz CT molecular complexity index is 819. The van der Waals surface area contributed by atoms with E-state index in [2.05, 4.69) is 16.3 Å². The maximum atomic E-state index is 12.9. The Labute approximate surface area is 141 Å². The second-order valence-electron chi connectivity index (χ2n) is 6.88. The minimum absolute atomic E-state index is 0.0548. The van der Waals surface area contributed by atoms with Crippen molar-refractivity contribution in [3.05, 3.63) is 28.7 Å². The molecule has 0 amide bonds. The fourth-order valence-electron chi connectivity index (χ4n) is 4.08. The lowest BCUT2D eigenvalue weighted by Crippen LogP contribution is -2.36. The summed E-state index contributed by atoms with van der Waals surface area (Å²) in [5.41, 5.74) is 3.12. The summed E-state index contributed by atoms with van der Waals surface area (Å²) in [6, 6.07) is 6.36. The van der Waals surface area contributed by atoms with Crippen molar-refractivity contribution in [3.8, 4) is 0 Å². The minimum atomic E-state index is 0.0548. The number of imidazole rings is 1. The number of nitrogens with one attached hydrogen (secondary N) is 1. The van der Waals surface area contributed by atoms with Crippen molar-refractivity contribution < 1.29 is 4.79 Å². The number of hydrogen-bond donors (Lipinski definition) is 1. The van der Waals surface area contributed by atoms with Crippen molar-refractivity contribution in [1.82, 2.24) is 14.5 Å². The van der Waals surface area contributed by atoms with E-state index >= 15 is 0 Å². The van der Waals surface area contributed by atoms with Gasteiger partial charge in [0.2, 0.25) is 0 Å². The highest BCUT2D eigenvalue weighted by Gasteiger charge is 2.25. The molecule has 0 aliphatic carbocycles. The van der Waals surface area contributed by atoms with Gasteiger partial charge in [0.1, 0.15) is 5.78 Å². The van der Waals surface area contributed by atoms with Gasteiger partial charge < -0.3 is 10.2 Å². The number of aryl methyl sites for hydroxylation is 1. The Morgan fingerprint density at radius 2 is 1.96 bits per heavy atom. The van der Waals surface area contributed by atoms with Gasteiger partial charge in [0.05, 0.1) is 22.8 Å². The molecule has 0 spiro atoms. The summed E-state index contributed by atoms with van der Waals surface area (Å²) in [6.07, 6.45) is 3.32. The Morgan fingerprint density at radius 1 is 1.17 bits per heavy atom. The molecule has 1 N–H and O–H groups in total. The molecular weight excluding hydrogens is 304 g/mol. The zero-order valence-electron chi connectivity index (χ0n) is 14.1. The van der Waals surface area contributed by atoms with E-state index < -0.39 is 0 Å². The molecule has 1 aromatic heterocycles. The number of nitrogens with zero attached hydrogens (tertiary/aromatic N) is 3. The van der Waals surface area contributed by atoms with Crippen LogP contribution in [0.15, 0.2) is 23.0 Å². The monoisotopic (exact) mass is 328 g/mol. The molecule has 4 rings (SSSR count). The maximum absolute atomic E-state index is 12.9. The molecule has 3 heterocycles. The average molecular weight is 328 g/mol. The number of rotatable bonds is 2. The molecule has 2 aliphatic rings. The van der Waals surface area contributed by atoms with E-state index in [9.17, 15) is 9.59 Å². The molecule has 2 saturated heterocycles. The number of carbonyl (C=O) groups excluding carboxylic acids is 1. The van der Waals surface area contributed by atoms with Gasteiger partial charge in [0.25, 0.3) is 0 Å². The Kier molecular flexibility index (Phi) is 3.92. The number of anilines is 1. The van der Waals surface area contributed by atoms with Gasteiger partial charge in [-0.2, -0.15) is 0 Å². The summed E-state index contributed by atoms with van der Waals surface area (Å²) in [5.74, 6) is 0.332. The minimum Gasteiger partial charge on any atom is -0.369 e. The Hall–Kier alpha value is -2.08. The van der Waals surface area contributed by atoms with Crippen molar-refractivity contribution in [2.24, 2.45) is 7.05 Å². The van der Waals surface area contributed by atoms with Crippen molar-refractivity contribution >= 4 is 22.5 Å². The van der Waals surface area contributed by atoms with Gasteiger partial charge in [-0.05, 0) is 31.5 Å². The Balaban J connectivity index is 1.83. The highest BCUT2D eigenvalue weighted by molar-refractivity contribution is 5.91. The molecule has 1 aromatic carbocycles. The van der Waals surface area contributed by atoms with Crippen LogP contribution in [0.1, 0.15) is 31.7 Å². The average Bonchev–Trinajstić information content (AvgIpc) is 2.88. The van der Waals surface area contributed by atoms with Gasteiger partial charge in [-0.15, -0.1) is 0 Å². The third kappa shape index (κ3) is 2.45. The van der Waals surface area contributed by atoms with Crippen molar-refractivity contribution in [2.45, 2.75) is 31.7 Å². The van der Waals surface area contributed by atoms with Crippen LogP contribution in [0.3, 0.4) is 0 Å². The first-order chi connectivity index (χ1) is 11.7. The summed E-state index contributed by atoms with van der Waals surface area (Å²) in [6.45, 7) is 3.36. The molecule has 6 heteroatoms. The largest absolute Gasteiger partial charge is 0.369 e. The van der Waals surface area contributed by atoms with Crippen LogP contribution < -0.4 is 15.9 Å². The predicted octanol–water partition coefficient (Wildman–Crippen LogP) is 1.43. The second kappa shape index (κ2) is 6.09. The number of para-hydroxylation sites is 1. The van der Waals surface area contributed by atoms with E-state index in [1.165, 1.54) is 0 Å². The van der Waals surface area contributed by atoms with E-state index in [1.807, 2.05) is 23.7 Å².